The molecule has 0 atom stereocenters. The lowest BCUT2D eigenvalue weighted by atomic mass is 10.1. The van der Waals surface area contributed by atoms with Gasteiger partial charge in [-0.05, 0) is 12.1 Å². The highest BCUT2D eigenvalue weighted by molar-refractivity contribution is 6.03. The molecule has 17 heavy (non-hydrogen) atoms. The molecule has 0 saturated carbocycles. The Morgan fingerprint density at radius 1 is 1.41 bits per heavy atom. The molecule has 0 N–H and O–H groups in total. The zero-order valence-electron chi connectivity index (χ0n) is 8.99. The Labute approximate surface area is 96.4 Å². The molecular weight excluding hydrogens is 226 g/mol. The maximum atomic E-state index is 11.0. The number of cyclic esters (lactones) is 1. The molecule has 0 radical (unpaired) electrons. The first kappa shape index (κ1) is 11.1. The third-order valence-corrected chi connectivity index (χ3v) is 2.28. The minimum atomic E-state index is -0.518. The minimum absolute atomic E-state index is 0.00973. The maximum absolute atomic E-state index is 11.0. The molecule has 0 saturated heterocycles. The van der Waals surface area contributed by atoms with Crippen molar-refractivity contribution in [1.29, 1.82) is 0 Å². The van der Waals surface area contributed by atoms with Gasteiger partial charge in [0.1, 0.15) is 12.3 Å². The molecule has 0 spiro atoms. The van der Waals surface area contributed by atoms with Gasteiger partial charge >= 0.3 is 6.09 Å². The van der Waals surface area contributed by atoms with Gasteiger partial charge in [-0.1, -0.05) is 0 Å². The van der Waals surface area contributed by atoms with Gasteiger partial charge < -0.3 is 4.74 Å². The van der Waals surface area contributed by atoms with Crippen molar-refractivity contribution in [2.75, 3.05) is 13.7 Å². The fourth-order valence-corrected chi connectivity index (χ4v) is 1.39. The van der Waals surface area contributed by atoms with Crippen molar-refractivity contribution in [3.63, 3.8) is 0 Å². The predicted octanol–water partition coefficient (Wildman–Crippen LogP) is 1.38. The van der Waals surface area contributed by atoms with Crippen LogP contribution in [0.3, 0.4) is 0 Å². The van der Waals surface area contributed by atoms with Gasteiger partial charge in [-0.2, -0.15) is 5.10 Å². The van der Waals surface area contributed by atoms with Gasteiger partial charge in [-0.15, -0.1) is 0 Å². The van der Waals surface area contributed by atoms with Crippen LogP contribution in [0.5, 0.6) is 0 Å². The quantitative estimate of drug-likeness (QED) is 0.572. The van der Waals surface area contributed by atoms with Crippen molar-refractivity contribution < 1.29 is 14.5 Å². The standard InChI is InChI=1S/C10H9N3O4/c1-12-10(14)17-6-9(11-12)7-2-4-8(5-3-7)13(15)16/h2-5H,6H2,1H3. The van der Waals surface area contributed by atoms with Crippen LogP contribution in [0.1, 0.15) is 5.56 Å². The third-order valence-electron chi connectivity index (χ3n) is 2.28. The van der Waals surface area contributed by atoms with Gasteiger partial charge in [0.05, 0.1) is 4.92 Å². The van der Waals surface area contributed by atoms with Crippen LogP contribution in [0, 0.1) is 10.1 Å². The average Bonchev–Trinajstić information content (AvgIpc) is 2.33. The SMILES string of the molecule is CN1N=C(c2ccc([N+](=O)[O-])cc2)COC1=O. The molecule has 1 aromatic rings. The highest BCUT2D eigenvalue weighted by Gasteiger charge is 2.19. The average molecular weight is 235 g/mol. The lowest BCUT2D eigenvalue weighted by molar-refractivity contribution is -0.384. The molecule has 0 aromatic heterocycles. The first-order chi connectivity index (χ1) is 8.08. The normalized spacial score (nSPS) is 15.2. The Kier molecular flexibility index (Phi) is 2.73. The van der Waals surface area contributed by atoms with Crippen molar-refractivity contribution in [3.05, 3.63) is 39.9 Å². The summed E-state index contributed by atoms with van der Waals surface area (Å²) in [6.45, 7) is 0.0704. The molecule has 88 valence electrons. The second kappa shape index (κ2) is 4.20. The summed E-state index contributed by atoms with van der Waals surface area (Å²) in [4.78, 5) is 21.0. The van der Waals surface area contributed by atoms with E-state index in [4.69, 9.17) is 4.74 Å². The summed E-state index contributed by atoms with van der Waals surface area (Å²) in [5.74, 6) is 0. The molecule has 0 bridgehead atoms. The van der Waals surface area contributed by atoms with Gasteiger partial charge in [0.15, 0.2) is 0 Å². The van der Waals surface area contributed by atoms with Crippen LogP contribution in [0.2, 0.25) is 0 Å². The largest absolute Gasteiger partial charge is 0.442 e. The van der Waals surface area contributed by atoms with Crippen LogP contribution >= 0.6 is 0 Å². The lowest BCUT2D eigenvalue weighted by Crippen LogP contribution is -2.32. The van der Waals surface area contributed by atoms with Crippen LogP contribution in [0.15, 0.2) is 29.4 Å². The highest BCUT2D eigenvalue weighted by atomic mass is 16.6. The molecule has 1 heterocycles. The Balaban J connectivity index is 2.26. The van der Waals surface area contributed by atoms with E-state index < -0.39 is 11.0 Å². The number of hydrogen-bond donors (Lipinski definition) is 0. The molecule has 1 amide bonds. The summed E-state index contributed by atoms with van der Waals surface area (Å²) in [7, 11) is 1.48. The van der Waals surface area contributed by atoms with Crippen LogP contribution < -0.4 is 0 Å². The lowest BCUT2D eigenvalue weighted by Gasteiger charge is -2.19. The molecule has 1 aliphatic heterocycles. The van der Waals surface area contributed by atoms with Crippen LogP contribution in [0.4, 0.5) is 10.5 Å². The van der Waals surface area contributed by atoms with Gasteiger partial charge in [-0.3, -0.25) is 10.1 Å². The molecule has 7 nitrogen and oxygen atoms in total. The number of hydrogen-bond acceptors (Lipinski definition) is 5. The number of nitro groups is 1. The molecule has 1 aliphatic rings. The molecule has 0 fully saturated rings. The number of non-ortho nitro benzene ring substituents is 1. The molecule has 0 unspecified atom stereocenters. The summed E-state index contributed by atoms with van der Waals surface area (Å²) >= 11 is 0. The van der Waals surface area contributed by atoms with Crippen molar-refractivity contribution >= 4 is 17.5 Å². The number of ether oxygens (including phenoxy) is 1. The topological polar surface area (TPSA) is 85.0 Å². The molecular formula is C10H9N3O4. The number of nitro benzene ring substituents is 1. The van der Waals surface area contributed by atoms with Crippen LogP contribution in [-0.2, 0) is 4.74 Å². The van der Waals surface area contributed by atoms with Crippen molar-refractivity contribution in [3.8, 4) is 0 Å². The number of nitrogens with zero attached hydrogens (tertiary/aromatic N) is 3. The van der Waals surface area contributed by atoms with E-state index in [0.717, 1.165) is 5.01 Å². The highest BCUT2D eigenvalue weighted by Crippen LogP contribution is 2.14. The smallest absolute Gasteiger partial charge is 0.430 e. The summed E-state index contributed by atoms with van der Waals surface area (Å²) in [5, 5.41) is 15.6. The van der Waals surface area contributed by atoms with E-state index in [0.29, 0.717) is 11.3 Å². The monoisotopic (exact) mass is 235 g/mol. The van der Waals surface area contributed by atoms with E-state index in [9.17, 15) is 14.9 Å². The Bertz CT molecular complexity index is 495. The van der Waals surface area contributed by atoms with Gasteiger partial charge in [0, 0.05) is 24.7 Å². The van der Waals surface area contributed by atoms with Crippen molar-refractivity contribution in [1.82, 2.24) is 5.01 Å². The van der Waals surface area contributed by atoms with E-state index >= 15 is 0 Å². The second-order valence-electron chi connectivity index (χ2n) is 3.43. The Morgan fingerprint density at radius 3 is 2.59 bits per heavy atom. The van der Waals surface area contributed by atoms with E-state index in [1.54, 1.807) is 12.1 Å². The number of hydrazone groups is 1. The van der Waals surface area contributed by atoms with Crippen molar-refractivity contribution in [2.45, 2.75) is 0 Å². The summed E-state index contributed by atoms with van der Waals surface area (Å²) < 4.78 is 4.86. The predicted molar refractivity (Wildman–Crippen MR) is 58.7 cm³/mol. The van der Waals surface area contributed by atoms with Crippen molar-refractivity contribution in [2.24, 2.45) is 5.10 Å². The van der Waals surface area contributed by atoms with Crippen LogP contribution in [-0.4, -0.2) is 35.4 Å². The van der Waals surface area contributed by atoms with Crippen LogP contribution in [0.25, 0.3) is 0 Å². The Hall–Kier alpha value is -2.44. The van der Waals surface area contributed by atoms with Gasteiger partial charge in [-0.25, -0.2) is 9.80 Å². The summed E-state index contributed by atoms with van der Waals surface area (Å²) in [6.07, 6.45) is -0.518. The molecule has 7 heteroatoms. The molecule has 2 rings (SSSR count). The van der Waals surface area contributed by atoms with E-state index in [1.165, 1.54) is 19.2 Å². The zero-order valence-corrected chi connectivity index (χ0v) is 8.99. The molecule has 0 aliphatic carbocycles. The fourth-order valence-electron chi connectivity index (χ4n) is 1.39. The third kappa shape index (κ3) is 2.22. The number of carbonyl (C=O) groups is 1. The number of amides is 1. The second-order valence-corrected chi connectivity index (χ2v) is 3.43. The van der Waals surface area contributed by atoms with Gasteiger partial charge in [0.2, 0.25) is 0 Å². The summed E-state index contributed by atoms with van der Waals surface area (Å²) in [6, 6.07) is 5.91. The van der Waals surface area contributed by atoms with E-state index in [2.05, 4.69) is 5.10 Å². The van der Waals surface area contributed by atoms with Gasteiger partial charge in [0.25, 0.3) is 5.69 Å². The first-order valence-corrected chi connectivity index (χ1v) is 4.81. The number of rotatable bonds is 2. The number of benzene rings is 1. The number of carbonyl (C=O) groups excluding carboxylic acids is 1. The Morgan fingerprint density at radius 2 is 2.06 bits per heavy atom. The van der Waals surface area contributed by atoms with E-state index in [-0.39, 0.29) is 12.3 Å². The maximum Gasteiger partial charge on any atom is 0.430 e. The molecule has 1 aromatic carbocycles. The first-order valence-electron chi connectivity index (χ1n) is 4.81. The van der Waals surface area contributed by atoms with E-state index in [1.807, 2.05) is 0 Å². The fraction of sp³-hybridized carbons (Fsp3) is 0.200. The summed E-state index contributed by atoms with van der Waals surface area (Å²) in [5.41, 5.74) is 1.26. The minimum Gasteiger partial charge on any atom is -0.442 e. The zero-order chi connectivity index (χ0) is 12.4.